The van der Waals surface area contributed by atoms with E-state index in [-0.39, 0.29) is 36.4 Å². The quantitative estimate of drug-likeness (QED) is 0.767. The zero-order chi connectivity index (χ0) is 19.4. The number of nitrogens with one attached hydrogen (secondary N) is 2. The van der Waals surface area contributed by atoms with Crippen LogP contribution in [0.4, 0.5) is 0 Å². The van der Waals surface area contributed by atoms with Crippen molar-refractivity contribution in [2.75, 3.05) is 13.1 Å². The second-order valence-corrected chi connectivity index (χ2v) is 9.31. The second-order valence-electron chi connectivity index (χ2n) is 6.98. The first-order chi connectivity index (χ1) is 12.9. The average molecular weight is 414 g/mol. The first-order valence-electron chi connectivity index (χ1n) is 9.22. The van der Waals surface area contributed by atoms with Crippen molar-refractivity contribution < 1.29 is 18.0 Å². The topological polar surface area (TPSA) is 95.6 Å². The molecule has 1 aromatic rings. The third kappa shape index (κ3) is 4.80. The Labute approximate surface area is 164 Å². The largest absolute Gasteiger partial charge is 0.353 e. The number of halogens is 1. The van der Waals surface area contributed by atoms with Gasteiger partial charge in [0.25, 0.3) is 0 Å². The summed E-state index contributed by atoms with van der Waals surface area (Å²) in [5.41, 5.74) is 0. The zero-order valence-corrected chi connectivity index (χ0v) is 16.6. The molecule has 1 atom stereocenters. The van der Waals surface area contributed by atoms with Crippen LogP contribution in [0.2, 0.25) is 5.02 Å². The number of nitrogens with zero attached hydrogens (tertiary/aromatic N) is 1. The van der Waals surface area contributed by atoms with Gasteiger partial charge in [0.15, 0.2) is 0 Å². The van der Waals surface area contributed by atoms with E-state index in [9.17, 15) is 18.0 Å². The molecule has 0 aromatic heterocycles. The molecular weight excluding hydrogens is 390 g/mol. The van der Waals surface area contributed by atoms with Gasteiger partial charge in [-0.15, -0.1) is 0 Å². The van der Waals surface area contributed by atoms with Gasteiger partial charge in [-0.05, 0) is 37.1 Å². The number of carbonyl (C=O) groups is 2. The van der Waals surface area contributed by atoms with Crippen molar-refractivity contribution in [3.63, 3.8) is 0 Å². The maximum atomic E-state index is 13.0. The monoisotopic (exact) mass is 413 g/mol. The third-order valence-electron chi connectivity index (χ3n) is 5.05. The predicted octanol–water partition coefficient (Wildman–Crippen LogP) is 1.67. The number of hydrogen-bond acceptors (Lipinski definition) is 4. The molecule has 27 heavy (non-hydrogen) atoms. The van der Waals surface area contributed by atoms with Crippen molar-refractivity contribution in [3.05, 3.63) is 29.3 Å². The number of rotatable bonds is 5. The third-order valence-corrected chi connectivity index (χ3v) is 7.23. The van der Waals surface area contributed by atoms with E-state index in [1.54, 1.807) is 0 Å². The van der Waals surface area contributed by atoms with E-state index in [1.165, 1.54) is 30.7 Å². The minimum absolute atomic E-state index is 0.0549. The molecule has 148 valence electrons. The highest BCUT2D eigenvalue weighted by Crippen LogP contribution is 2.23. The molecule has 1 saturated heterocycles. The zero-order valence-electron chi connectivity index (χ0n) is 15.0. The molecule has 9 heteroatoms. The molecule has 0 spiro atoms. The highest BCUT2D eigenvalue weighted by atomic mass is 35.5. The molecular formula is C18H24ClN3O4S. The molecule has 1 unspecified atom stereocenters. The van der Waals surface area contributed by atoms with Gasteiger partial charge in [0.1, 0.15) is 6.04 Å². The van der Waals surface area contributed by atoms with Gasteiger partial charge in [-0.25, -0.2) is 8.42 Å². The standard InChI is InChI=1S/C18H24ClN3O4S/c19-13-6-8-15(9-7-13)27(25,26)22-11-10-20-18(24)16(22)12-17(23)21-14-4-2-1-3-5-14/h6-9,14,16H,1-5,10-12H2,(H,20,24)(H,21,23). The van der Waals surface area contributed by atoms with Crippen LogP contribution in [-0.2, 0) is 19.6 Å². The van der Waals surface area contributed by atoms with Gasteiger partial charge in [0.2, 0.25) is 21.8 Å². The summed E-state index contributed by atoms with van der Waals surface area (Å²) in [6, 6.07) is 4.85. The summed E-state index contributed by atoms with van der Waals surface area (Å²) in [7, 11) is -3.91. The van der Waals surface area contributed by atoms with Crippen molar-refractivity contribution in [1.82, 2.24) is 14.9 Å². The van der Waals surface area contributed by atoms with E-state index in [4.69, 9.17) is 11.6 Å². The normalized spacial score (nSPS) is 22.3. The molecule has 7 nitrogen and oxygen atoms in total. The van der Waals surface area contributed by atoms with Crippen molar-refractivity contribution in [2.45, 2.75) is 55.5 Å². The maximum absolute atomic E-state index is 13.0. The van der Waals surface area contributed by atoms with Gasteiger partial charge in [-0.1, -0.05) is 30.9 Å². The molecule has 2 amide bonds. The van der Waals surface area contributed by atoms with E-state index in [0.717, 1.165) is 30.0 Å². The van der Waals surface area contributed by atoms with Crippen LogP contribution >= 0.6 is 11.6 Å². The number of piperazine rings is 1. The van der Waals surface area contributed by atoms with Gasteiger partial charge in [-0.2, -0.15) is 4.31 Å². The lowest BCUT2D eigenvalue weighted by Gasteiger charge is -2.34. The Balaban J connectivity index is 1.75. The van der Waals surface area contributed by atoms with Gasteiger partial charge >= 0.3 is 0 Å². The summed E-state index contributed by atoms with van der Waals surface area (Å²) in [5, 5.41) is 6.03. The molecule has 1 aliphatic heterocycles. The molecule has 1 aliphatic carbocycles. The van der Waals surface area contributed by atoms with Gasteiger partial charge in [0, 0.05) is 24.2 Å². The number of sulfonamides is 1. The fourth-order valence-corrected chi connectivity index (χ4v) is 5.34. The Hall–Kier alpha value is -1.64. The lowest BCUT2D eigenvalue weighted by atomic mass is 9.95. The van der Waals surface area contributed by atoms with Crippen LogP contribution in [0.1, 0.15) is 38.5 Å². The Morgan fingerprint density at radius 1 is 1.19 bits per heavy atom. The summed E-state index contributed by atoms with van der Waals surface area (Å²) < 4.78 is 27.1. The molecule has 1 saturated carbocycles. The van der Waals surface area contributed by atoms with Crippen LogP contribution in [0.15, 0.2) is 29.2 Å². The highest BCUT2D eigenvalue weighted by Gasteiger charge is 2.39. The first kappa shape index (κ1) is 20.1. The lowest BCUT2D eigenvalue weighted by Crippen LogP contribution is -2.58. The van der Waals surface area contributed by atoms with E-state index < -0.39 is 22.0 Å². The molecule has 1 heterocycles. The van der Waals surface area contributed by atoms with Crippen LogP contribution in [-0.4, -0.2) is 49.7 Å². The number of carbonyl (C=O) groups excluding carboxylic acids is 2. The van der Waals surface area contributed by atoms with E-state index in [2.05, 4.69) is 10.6 Å². The summed E-state index contributed by atoms with van der Waals surface area (Å²) in [6.07, 6.45) is 4.99. The van der Waals surface area contributed by atoms with E-state index in [0.29, 0.717) is 5.02 Å². The van der Waals surface area contributed by atoms with Crippen molar-refractivity contribution >= 4 is 33.4 Å². The second kappa shape index (κ2) is 8.58. The number of benzene rings is 1. The Bertz CT molecular complexity index is 791. The van der Waals surface area contributed by atoms with Crippen molar-refractivity contribution in [3.8, 4) is 0 Å². The van der Waals surface area contributed by atoms with Crippen LogP contribution in [0.5, 0.6) is 0 Å². The highest BCUT2D eigenvalue weighted by molar-refractivity contribution is 7.89. The Morgan fingerprint density at radius 3 is 2.52 bits per heavy atom. The van der Waals surface area contributed by atoms with Crippen LogP contribution in [0.3, 0.4) is 0 Å². The summed E-state index contributed by atoms with van der Waals surface area (Å²) >= 11 is 5.84. The van der Waals surface area contributed by atoms with Gasteiger partial charge in [-0.3, -0.25) is 9.59 Å². The Kier molecular flexibility index (Phi) is 6.39. The van der Waals surface area contributed by atoms with Crippen molar-refractivity contribution in [2.24, 2.45) is 0 Å². The van der Waals surface area contributed by atoms with E-state index >= 15 is 0 Å². The number of hydrogen-bond donors (Lipinski definition) is 2. The fraction of sp³-hybridized carbons (Fsp3) is 0.556. The predicted molar refractivity (Wildman–Crippen MR) is 102 cm³/mol. The molecule has 0 radical (unpaired) electrons. The molecule has 3 rings (SSSR count). The Morgan fingerprint density at radius 2 is 1.85 bits per heavy atom. The SMILES string of the molecule is O=C(CC1C(=O)NCCN1S(=O)(=O)c1ccc(Cl)cc1)NC1CCCCC1. The smallest absolute Gasteiger partial charge is 0.243 e. The average Bonchev–Trinajstić information content (AvgIpc) is 2.64. The maximum Gasteiger partial charge on any atom is 0.243 e. The number of amides is 2. The summed E-state index contributed by atoms with van der Waals surface area (Å²) in [5.74, 6) is -0.738. The van der Waals surface area contributed by atoms with Crippen LogP contribution < -0.4 is 10.6 Å². The molecule has 1 aromatic carbocycles. The first-order valence-corrected chi connectivity index (χ1v) is 11.0. The van der Waals surface area contributed by atoms with Crippen LogP contribution in [0.25, 0.3) is 0 Å². The minimum Gasteiger partial charge on any atom is -0.353 e. The molecule has 2 aliphatic rings. The van der Waals surface area contributed by atoms with Gasteiger partial charge in [0.05, 0.1) is 11.3 Å². The van der Waals surface area contributed by atoms with E-state index in [1.807, 2.05) is 0 Å². The molecule has 2 fully saturated rings. The van der Waals surface area contributed by atoms with Gasteiger partial charge < -0.3 is 10.6 Å². The molecule has 2 N–H and O–H groups in total. The minimum atomic E-state index is -3.91. The lowest BCUT2D eigenvalue weighted by molar-refractivity contribution is -0.132. The summed E-state index contributed by atoms with van der Waals surface area (Å²) in [4.78, 5) is 24.8. The fourth-order valence-electron chi connectivity index (χ4n) is 3.63. The molecule has 0 bridgehead atoms. The summed E-state index contributed by atoms with van der Waals surface area (Å²) in [6.45, 7) is 0.338. The van der Waals surface area contributed by atoms with Crippen LogP contribution in [0, 0.1) is 0 Å². The van der Waals surface area contributed by atoms with Crippen molar-refractivity contribution in [1.29, 1.82) is 0 Å².